The molecule has 15 heavy (non-hydrogen) atoms. The van der Waals surface area contributed by atoms with Gasteiger partial charge >= 0.3 is 0 Å². The maximum atomic E-state index is 4.41. The van der Waals surface area contributed by atoms with Crippen LogP contribution < -0.4 is 0 Å². The van der Waals surface area contributed by atoms with Crippen LogP contribution in [0.2, 0.25) is 0 Å². The van der Waals surface area contributed by atoms with Crippen LogP contribution in [0.3, 0.4) is 0 Å². The zero-order valence-electron chi connectivity index (χ0n) is 10.2. The first-order chi connectivity index (χ1) is 7.00. The molecule has 1 atom stereocenters. The minimum atomic E-state index is 0.594. The van der Waals surface area contributed by atoms with Crippen LogP contribution in [0.4, 0.5) is 0 Å². The molecule has 1 unspecified atom stereocenters. The highest BCUT2D eigenvalue weighted by atomic mass is 14.7. The molecule has 0 fully saturated rings. The van der Waals surface area contributed by atoms with Gasteiger partial charge in [-0.05, 0) is 42.4 Å². The molecule has 0 saturated heterocycles. The zero-order chi connectivity index (χ0) is 11.4. The Morgan fingerprint density at radius 3 is 2.40 bits per heavy atom. The molecule has 1 rings (SSSR count). The number of rotatable bonds is 4. The van der Waals surface area contributed by atoms with Crippen LogP contribution in [-0.4, -0.2) is 4.98 Å². The van der Waals surface area contributed by atoms with Crippen LogP contribution >= 0.6 is 0 Å². The summed E-state index contributed by atoms with van der Waals surface area (Å²) in [6, 6.07) is 4.23. The first kappa shape index (κ1) is 12.0. The molecule has 1 aromatic rings. The first-order valence-electron chi connectivity index (χ1n) is 5.62. The predicted octanol–water partition coefficient (Wildman–Crippen LogP) is 4.26. The van der Waals surface area contributed by atoms with Gasteiger partial charge in [-0.3, -0.25) is 4.98 Å². The van der Waals surface area contributed by atoms with Crippen LogP contribution in [0.15, 0.2) is 24.9 Å². The molecule has 1 nitrogen and oxygen atoms in total. The van der Waals surface area contributed by atoms with E-state index in [2.05, 4.69) is 44.5 Å². The van der Waals surface area contributed by atoms with Gasteiger partial charge < -0.3 is 0 Å². The maximum Gasteiger partial charge on any atom is 0.0653 e. The van der Waals surface area contributed by atoms with Crippen LogP contribution in [0.1, 0.15) is 51.3 Å². The Hall–Kier alpha value is -1.11. The van der Waals surface area contributed by atoms with Gasteiger partial charge in [-0.2, -0.15) is 0 Å². The molecule has 0 N–H and O–H groups in total. The van der Waals surface area contributed by atoms with E-state index in [4.69, 9.17) is 0 Å². The number of pyridine rings is 1. The van der Waals surface area contributed by atoms with Gasteiger partial charge in [0.25, 0.3) is 0 Å². The summed E-state index contributed by atoms with van der Waals surface area (Å²) in [4.78, 5) is 4.41. The number of allylic oxidation sites excluding steroid dienone is 1. The molecule has 0 saturated carbocycles. The highest BCUT2D eigenvalue weighted by molar-refractivity contribution is 5.57. The van der Waals surface area contributed by atoms with Crippen molar-refractivity contribution in [3.8, 4) is 0 Å². The maximum absolute atomic E-state index is 4.41. The van der Waals surface area contributed by atoms with Gasteiger partial charge in [-0.25, -0.2) is 0 Å². The summed E-state index contributed by atoms with van der Waals surface area (Å²) >= 11 is 0. The van der Waals surface area contributed by atoms with E-state index in [0.29, 0.717) is 5.92 Å². The van der Waals surface area contributed by atoms with Crippen LogP contribution in [-0.2, 0) is 0 Å². The third kappa shape index (κ3) is 3.50. The molecule has 0 spiro atoms. The summed E-state index contributed by atoms with van der Waals surface area (Å²) < 4.78 is 0. The van der Waals surface area contributed by atoms with Crippen LogP contribution in [0.25, 0.3) is 5.57 Å². The molecule has 82 valence electrons. The summed E-state index contributed by atoms with van der Waals surface area (Å²) in [5.74, 6) is 1.33. The smallest absolute Gasteiger partial charge is 0.0653 e. The average Bonchev–Trinajstić information content (AvgIpc) is 2.17. The zero-order valence-corrected chi connectivity index (χ0v) is 10.2. The van der Waals surface area contributed by atoms with E-state index < -0.39 is 0 Å². The Kier molecular flexibility index (Phi) is 4.07. The standard InChI is InChI=1S/C14H21N/c1-10(2)8-12(5)13-6-7-14(11(3)4)15-9-13/h6-7,9-10,12H,3,8H2,1-2,4-5H3. The van der Waals surface area contributed by atoms with Gasteiger partial charge in [-0.15, -0.1) is 0 Å². The molecule has 0 aliphatic heterocycles. The molecule has 1 heteroatoms. The lowest BCUT2D eigenvalue weighted by molar-refractivity contribution is 0.523. The van der Waals surface area contributed by atoms with Crippen LogP contribution in [0.5, 0.6) is 0 Å². The van der Waals surface area contributed by atoms with Crippen molar-refractivity contribution in [2.75, 3.05) is 0 Å². The van der Waals surface area contributed by atoms with Gasteiger partial charge in [0.2, 0.25) is 0 Å². The molecule has 0 radical (unpaired) electrons. The molecule has 0 aliphatic carbocycles. The Labute approximate surface area is 93.2 Å². The van der Waals surface area contributed by atoms with Crippen molar-refractivity contribution >= 4 is 5.57 Å². The number of hydrogen-bond donors (Lipinski definition) is 0. The van der Waals surface area contributed by atoms with Crippen molar-refractivity contribution in [3.05, 3.63) is 36.2 Å². The molecule has 0 bridgehead atoms. The number of aromatic nitrogens is 1. The monoisotopic (exact) mass is 203 g/mol. The van der Waals surface area contributed by atoms with Crippen molar-refractivity contribution in [2.24, 2.45) is 5.92 Å². The summed E-state index contributed by atoms with van der Waals surface area (Å²) in [5.41, 5.74) is 3.35. The van der Waals surface area contributed by atoms with Crippen molar-refractivity contribution in [3.63, 3.8) is 0 Å². The summed E-state index contributed by atoms with van der Waals surface area (Å²) in [6.07, 6.45) is 3.20. The van der Waals surface area contributed by atoms with E-state index in [1.54, 1.807) is 0 Å². The van der Waals surface area contributed by atoms with E-state index in [1.165, 1.54) is 12.0 Å². The predicted molar refractivity (Wildman–Crippen MR) is 66.8 cm³/mol. The minimum Gasteiger partial charge on any atom is -0.256 e. The number of nitrogens with zero attached hydrogens (tertiary/aromatic N) is 1. The Balaban J connectivity index is 2.75. The number of hydrogen-bond acceptors (Lipinski definition) is 1. The van der Waals surface area contributed by atoms with E-state index in [-0.39, 0.29) is 0 Å². The van der Waals surface area contributed by atoms with Gasteiger partial charge in [0, 0.05) is 6.20 Å². The fourth-order valence-corrected chi connectivity index (χ4v) is 1.79. The van der Waals surface area contributed by atoms with E-state index in [1.807, 2.05) is 13.1 Å². The Bertz CT molecular complexity index is 322. The first-order valence-corrected chi connectivity index (χ1v) is 5.62. The van der Waals surface area contributed by atoms with Gasteiger partial charge in [0.1, 0.15) is 0 Å². The highest BCUT2D eigenvalue weighted by Gasteiger charge is 2.08. The normalized spacial score (nSPS) is 12.9. The van der Waals surface area contributed by atoms with E-state index in [0.717, 1.165) is 17.2 Å². The van der Waals surface area contributed by atoms with Crippen molar-refractivity contribution < 1.29 is 0 Å². The molecule has 1 aromatic heterocycles. The molecular weight excluding hydrogens is 182 g/mol. The van der Waals surface area contributed by atoms with Crippen molar-refractivity contribution in [1.29, 1.82) is 0 Å². The average molecular weight is 203 g/mol. The van der Waals surface area contributed by atoms with Gasteiger partial charge in [0.05, 0.1) is 5.69 Å². The van der Waals surface area contributed by atoms with Crippen LogP contribution in [0, 0.1) is 5.92 Å². The summed E-state index contributed by atoms with van der Waals surface area (Å²) in [5, 5.41) is 0. The Morgan fingerprint density at radius 1 is 1.33 bits per heavy atom. The summed E-state index contributed by atoms with van der Waals surface area (Å²) in [7, 11) is 0. The highest BCUT2D eigenvalue weighted by Crippen LogP contribution is 2.23. The van der Waals surface area contributed by atoms with Crippen molar-refractivity contribution in [2.45, 2.75) is 40.0 Å². The van der Waals surface area contributed by atoms with Gasteiger partial charge in [-0.1, -0.05) is 33.4 Å². The third-order valence-corrected chi connectivity index (χ3v) is 2.62. The molecule has 0 aromatic carbocycles. The van der Waals surface area contributed by atoms with E-state index >= 15 is 0 Å². The molecule has 1 heterocycles. The fourth-order valence-electron chi connectivity index (χ4n) is 1.79. The summed E-state index contributed by atoms with van der Waals surface area (Å²) in [6.45, 7) is 12.6. The second-order valence-corrected chi connectivity index (χ2v) is 4.79. The third-order valence-electron chi connectivity index (χ3n) is 2.62. The van der Waals surface area contributed by atoms with Gasteiger partial charge in [0.15, 0.2) is 0 Å². The lowest BCUT2D eigenvalue weighted by atomic mass is 9.93. The fraction of sp³-hybridized carbons (Fsp3) is 0.500. The van der Waals surface area contributed by atoms with Crippen molar-refractivity contribution in [1.82, 2.24) is 4.98 Å². The quantitative estimate of drug-likeness (QED) is 0.712. The van der Waals surface area contributed by atoms with E-state index in [9.17, 15) is 0 Å². The lowest BCUT2D eigenvalue weighted by Crippen LogP contribution is -1.99. The second-order valence-electron chi connectivity index (χ2n) is 4.79. The molecular formula is C14H21N. The largest absolute Gasteiger partial charge is 0.256 e. The molecule has 0 aliphatic rings. The SMILES string of the molecule is C=C(C)c1ccc(C(C)CC(C)C)cn1. The topological polar surface area (TPSA) is 12.9 Å². The minimum absolute atomic E-state index is 0.594. The molecule has 0 amide bonds. The lowest BCUT2D eigenvalue weighted by Gasteiger charge is -2.14. The Morgan fingerprint density at radius 2 is 2.00 bits per heavy atom. The second kappa shape index (κ2) is 5.11.